The molecule has 0 spiro atoms. The number of fused-ring (bicyclic) bond motifs is 1. The molecule has 0 atom stereocenters. The van der Waals surface area contributed by atoms with Crippen LogP contribution in [0.5, 0.6) is 5.75 Å². The molecule has 3 aromatic heterocycles. The van der Waals surface area contributed by atoms with E-state index in [1.54, 1.807) is 29.8 Å². The van der Waals surface area contributed by atoms with Gasteiger partial charge in [0.25, 0.3) is 0 Å². The smallest absolute Gasteiger partial charge is 0.338 e. The van der Waals surface area contributed by atoms with E-state index in [9.17, 15) is 4.79 Å². The lowest BCUT2D eigenvalue weighted by molar-refractivity contribution is 0.0468. The molecule has 0 fully saturated rings. The highest BCUT2D eigenvalue weighted by Gasteiger charge is 2.10. The van der Waals surface area contributed by atoms with Gasteiger partial charge < -0.3 is 13.9 Å². The summed E-state index contributed by atoms with van der Waals surface area (Å²) >= 11 is 1.52. The fourth-order valence-corrected chi connectivity index (χ4v) is 3.00. The maximum Gasteiger partial charge on any atom is 0.338 e. The van der Waals surface area contributed by atoms with E-state index in [2.05, 4.69) is 9.97 Å². The van der Waals surface area contributed by atoms with Crippen LogP contribution in [-0.2, 0) is 18.0 Å². The van der Waals surface area contributed by atoms with E-state index in [1.807, 2.05) is 40.4 Å². The molecule has 0 radical (unpaired) electrons. The molecule has 3 heterocycles. The van der Waals surface area contributed by atoms with Gasteiger partial charge in [0, 0.05) is 17.8 Å². The highest BCUT2D eigenvalue weighted by Crippen LogP contribution is 2.17. The third-order valence-corrected chi connectivity index (χ3v) is 4.34. The van der Waals surface area contributed by atoms with Crippen molar-refractivity contribution in [2.24, 2.45) is 0 Å². The van der Waals surface area contributed by atoms with Crippen molar-refractivity contribution < 1.29 is 14.3 Å². The van der Waals surface area contributed by atoms with Crippen LogP contribution in [-0.4, -0.2) is 20.3 Å². The van der Waals surface area contributed by atoms with Crippen molar-refractivity contribution in [1.82, 2.24) is 14.4 Å². The van der Waals surface area contributed by atoms with Gasteiger partial charge >= 0.3 is 5.97 Å². The average Bonchev–Trinajstić information content (AvgIpc) is 3.33. The number of esters is 1. The lowest BCUT2D eigenvalue weighted by atomic mass is 10.2. The van der Waals surface area contributed by atoms with Gasteiger partial charge in [0.05, 0.1) is 22.5 Å². The van der Waals surface area contributed by atoms with Gasteiger partial charge in [-0.2, -0.15) is 0 Å². The number of aromatic nitrogens is 3. The number of nitrogens with zero attached hydrogens (tertiary/aromatic N) is 3. The molecule has 0 bridgehead atoms. The second kappa shape index (κ2) is 7.37. The number of rotatable bonds is 6. The summed E-state index contributed by atoms with van der Waals surface area (Å²) in [7, 11) is 0. The molecule has 0 unspecified atom stereocenters. The fourth-order valence-electron chi connectivity index (χ4n) is 2.46. The Balaban J connectivity index is 1.38. The highest BCUT2D eigenvalue weighted by molar-refractivity contribution is 7.07. The van der Waals surface area contributed by atoms with Crippen molar-refractivity contribution in [2.45, 2.75) is 13.2 Å². The van der Waals surface area contributed by atoms with E-state index in [4.69, 9.17) is 9.47 Å². The standard InChI is InChI=1S/C19H15N3O3S/c23-19(25-10-15-9-22-7-2-1-6-18(22)21-15)14-4-3-5-17(8-14)24-11-16-12-26-13-20-16/h1-9,12-13H,10-11H2. The van der Waals surface area contributed by atoms with E-state index in [-0.39, 0.29) is 6.61 Å². The molecule has 26 heavy (non-hydrogen) atoms. The Bertz CT molecular complexity index is 994. The van der Waals surface area contributed by atoms with Crippen molar-refractivity contribution in [3.63, 3.8) is 0 Å². The van der Waals surface area contributed by atoms with Crippen molar-refractivity contribution >= 4 is 23.0 Å². The SMILES string of the molecule is O=C(OCc1cn2ccccc2n1)c1cccc(OCc2cscn2)c1. The van der Waals surface area contributed by atoms with Gasteiger partial charge in [0.15, 0.2) is 0 Å². The largest absolute Gasteiger partial charge is 0.487 e. The fraction of sp³-hybridized carbons (Fsp3) is 0.105. The van der Waals surface area contributed by atoms with Gasteiger partial charge in [-0.15, -0.1) is 11.3 Å². The Kier molecular flexibility index (Phi) is 4.61. The molecule has 130 valence electrons. The topological polar surface area (TPSA) is 65.7 Å². The molecule has 1 aromatic carbocycles. The summed E-state index contributed by atoms with van der Waals surface area (Å²) in [6, 6.07) is 12.6. The minimum atomic E-state index is -0.416. The van der Waals surface area contributed by atoms with Crippen LogP contribution in [0.15, 0.2) is 65.7 Å². The quantitative estimate of drug-likeness (QED) is 0.487. The predicted molar refractivity (Wildman–Crippen MR) is 97.2 cm³/mol. The number of hydrogen-bond donors (Lipinski definition) is 0. The zero-order chi connectivity index (χ0) is 17.8. The molecule has 0 saturated carbocycles. The number of thiazole rings is 1. The van der Waals surface area contributed by atoms with Gasteiger partial charge in [-0.25, -0.2) is 14.8 Å². The van der Waals surface area contributed by atoms with Crippen LogP contribution in [0.3, 0.4) is 0 Å². The minimum Gasteiger partial charge on any atom is -0.487 e. The first kappa shape index (κ1) is 16.3. The molecule has 0 aliphatic heterocycles. The van der Waals surface area contributed by atoms with Crippen LogP contribution in [0.4, 0.5) is 0 Å². The normalized spacial score (nSPS) is 10.8. The van der Waals surface area contributed by atoms with Crippen molar-refractivity contribution in [2.75, 3.05) is 0 Å². The number of pyridine rings is 1. The number of ether oxygens (including phenoxy) is 2. The van der Waals surface area contributed by atoms with Crippen LogP contribution in [0.25, 0.3) is 5.65 Å². The Morgan fingerprint density at radius 3 is 2.92 bits per heavy atom. The molecule has 4 aromatic rings. The Hall–Kier alpha value is -3.19. The van der Waals surface area contributed by atoms with Crippen LogP contribution < -0.4 is 4.74 Å². The minimum absolute atomic E-state index is 0.115. The lowest BCUT2D eigenvalue weighted by Crippen LogP contribution is -2.06. The maximum atomic E-state index is 12.3. The van der Waals surface area contributed by atoms with E-state index >= 15 is 0 Å². The molecule has 0 amide bonds. The van der Waals surface area contributed by atoms with E-state index in [0.717, 1.165) is 11.3 Å². The number of carbonyl (C=O) groups excluding carboxylic acids is 1. The second-order valence-electron chi connectivity index (χ2n) is 5.57. The van der Waals surface area contributed by atoms with Crippen LogP contribution in [0, 0.1) is 0 Å². The summed E-state index contributed by atoms with van der Waals surface area (Å²) in [6.45, 7) is 0.480. The Labute approximate surface area is 153 Å². The first-order chi connectivity index (χ1) is 12.8. The van der Waals surface area contributed by atoms with Gasteiger partial charge in [-0.05, 0) is 30.3 Å². The number of hydrogen-bond acceptors (Lipinski definition) is 6. The second-order valence-corrected chi connectivity index (χ2v) is 6.29. The van der Waals surface area contributed by atoms with Gasteiger partial charge in [0.1, 0.15) is 24.6 Å². The zero-order valence-corrected chi connectivity index (χ0v) is 14.6. The van der Waals surface area contributed by atoms with Crippen molar-refractivity contribution in [1.29, 1.82) is 0 Å². The van der Waals surface area contributed by atoms with Crippen LogP contribution in [0.2, 0.25) is 0 Å². The average molecular weight is 365 g/mol. The zero-order valence-electron chi connectivity index (χ0n) is 13.7. The van der Waals surface area contributed by atoms with Crippen LogP contribution >= 0.6 is 11.3 Å². The number of carbonyl (C=O) groups is 1. The van der Waals surface area contributed by atoms with Gasteiger partial charge in [-0.1, -0.05) is 12.1 Å². The summed E-state index contributed by atoms with van der Waals surface area (Å²) < 4.78 is 12.9. The van der Waals surface area contributed by atoms with Crippen molar-refractivity contribution in [3.05, 3.63) is 82.7 Å². The number of benzene rings is 1. The first-order valence-corrected chi connectivity index (χ1v) is 8.92. The van der Waals surface area contributed by atoms with Gasteiger partial charge in [0.2, 0.25) is 0 Å². The summed E-state index contributed by atoms with van der Waals surface area (Å²) in [5.41, 5.74) is 4.56. The predicted octanol–water partition coefficient (Wildman–Crippen LogP) is 3.73. The monoisotopic (exact) mass is 365 g/mol. The first-order valence-electron chi connectivity index (χ1n) is 7.97. The Morgan fingerprint density at radius 2 is 2.08 bits per heavy atom. The third-order valence-electron chi connectivity index (χ3n) is 3.70. The summed E-state index contributed by atoms with van der Waals surface area (Å²) in [5, 5.41) is 1.92. The molecule has 0 aliphatic rings. The molecular formula is C19H15N3O3S. The van der Waals surface area contributed by atoms with Crippen molar-refractivity contribution in [3.8, 4) is 5.75 Å². The van der Waals surface area contributed by atoms with Crippen LogP contribution in [0.1, 0.15) is 21.7 Å². The Morgan fingerprint density at radius 1 is 1.12 bits per heavy atom. The van der Waals surface area contributed by atoms with E-state index in [1.165, 1.54) is 11.3 Å². The third kappa shape index (κ3) is 3.73. The molecule has 0 saturated heterocycles. The van der Waals surface area contributed by atoms with E-state index < -0.39 is 5.97 Å². The lowest BCUT2D eigenvalue weighted by Gasteiger charge is -2.07. The summed E-state index contributed by atoms with van der Waals surface area (Å²) in [5.74, 6) is 0.182. The number of imidazole rings is 1. The molecule has 0 aliphatic carbocycles. The highest BCUT2D eigenvalue weighted by atomic mass is 32.1. The van der Waals surface area contributed by atoms with E-state index in [0.29, 0.717) is 23.6 Å². The molecular weight excluding hydrogens is 350 g/mol. The molecule has 6 nitrogen and oxygen atoms in total. The van der Waals surface area contributed by atoms with Gasteiger partial charge in [-0.3, -0.25) is 0 Å². The molecule has 0 N–H and O–H groups in total. The molecule has 4 rings (SSSR count). The summed E-state index contributed by atoms with van der Waals surface area (Å²) in [6.07, 6.45) is 3.74. The maximum absolute atomic E-state index is 12.3. The summed E-state index contributed by atoms with van der Waals surface area (Å²) in [4.78, 5) is 20.9. The molecule has 7 heteroatoms.